The number of carbonyl (C=O) groups is 2. The fourth-order valence-electron chi connectivity index (χ4n) is 3.62. The Labute approximate surface area is 218 Å². The molecule has 1 aliphatic heterocycles. The monoisotopic (exact) mass is 525 g/mol. The lowest BCUT2D eigenvalue weighted by Crippen LogP contribution is -2.41. The normalized spacial score (nSPS) is 15.8. The molecule has 2 unspecified atom stereocenters. The summed E-state index contributed by atoms with van der Waals surface area (Å²) < 4.78 is 0. The van der Waals surface area contributed by atoms with Crippen LogP contribution in [0.15, 0.2) is 72.9 Å². The van der Waals surface area contributed by atoms with E-state index in [9.17, 15) is 9.59 Å². The molecule has 1 aromatic heterocycles. The second kappa shape index (κ2) is 12.0. The van der Waals surface area contributed by atoms with E-state index < -0.39 is 6.04 Å². The van der Waals surface area contributed by atoms with Crippen molar-refractivity contribution in [2.45, 2.75) is 24.9 Å². The zero-order valence-corrected chi connectivity index (χ0v) is 21.1. The summed E-state index contributed by atoms with van der Waals surface area (Å²) in [6.45, 7) is 0. The maximum atomic E-state index is 12.4. The van der Waals surface area contributed by atoms with Gasteiger partial charge in [-0.2, -0.15) is 0 Å². The number of amides is 1. The van der Waals surface area contributed by atoms with E-state index in [0.29, 0.717) is 23.1 Å². The number of anilines is 1. The summed E-state index contributed by atoms with van der Waals surface area (Å²) in [5.41, 5.74) is 8.37. The molecule has 1 saturated heterocycles. The number of carbonyl (C=O) groups excluding carboxylic acids is 2. The molecule has 1 fully saturated rings. The minimum absolute atomic E-state index is 0.0259. The Balaban J connectivity index is 1.36. The maximum absolute atomic E-state index is 12.4. The zero-order chi connectivity index (χ0) is 24.6. The highest BCUT2D eigenvalue weighted by molar-refractivity contribution is 8.14. The summed E-state index contributed by atoms with van der Waals surface area (Å²) >= 11 is 13.1. The summed E-state index contributed by atoms with van der Waals surface area (Å²) in [7, 11) is 0. The number of hydrogen-bond acceptors (Lipinski definition) is 6. The van der Waals surface area contributed by atoms with Crippen molar-refractivity contribution in [2.24, 2.45) is 0 Å². The van der Waals surface area contributed by atoms with Gasteiger partial charge < -0.3 is 10.6 Å². The van der Waals surface area contributed by atoms with Crippen LogP contribution in [-0.2, 0) is 11.2 Å². The quantitative estimate of drug-likeness (QED) is 0.256. The average molecular weight is 526 g/mol. The first-order chi connectivity index (χ1) is 17.0. The van der Waals surface area contributed by atoms with Crippen molar-refractivity contribution in [2.75, 3.05) is 11.2 Å². The first-order valence-electron chi connectivity index (χ1n) is 11.0. The predicted molar refractivity (Wildman–Crippen MR) is 144 cm³/mol. The van der Waals surface area contributed by atoms with Gasteiger partial charge in [-0.1, -0.05) is 84.0 Å². The van der Waals surface area contributed by atoms with Crippen molar-refractivity contribution in [1.82, 2.24) is 21.0 Å². The number of hydrazine groups is 1. The number of rotatable bonds is 8. The number of pyridine rings is 1. The van der Waals surface area contributed by atoms with Crippen LogP contribution in [0.2, 0.25) is 5.02 Å². The molecule has 7 nitrogen and oxygen atoms in total. The van der Waals surface area contributed by atoms with Crippen LogP contribution in [0.3, 0.4) is 0 Å². The molecule has 0 aliphatic carbocycles. The molecule has 180 valence electrons. The van der Waals surface area contributed by atoms with Crippen LogP contribution < -0.4 is 21.5 Å². The summed E-state index contributed by atoms with van der Waals surface area (Å²) in [5, 5.41) is 6.64. The lowest BCUT2D eigenvalue weighted by Gasteiger charge is -2.22. The third kappa shape index (κ3) is 6.94. The second-order valence-corrected chi connectivity index (χ2v) is 9.83. The van der Waals surface area contributed by atoms with E-state index in [1.54, 1.807) is 0 Å². The number of nitrogens with one attached hydrogen (secondary N) is 4. The fourth-order valence-corrected chi connectivity index (χ4v) is 4.96. The van der Waals surface area contributed by atoms with Gasteiger partial charge in [0.1, 0.15) is 0 Å². The van der Waals surface area contributed by atoms with Crippen LogP contribution in [0.25, 0.3) is 0 Å². The summed E-state index contributed by atoms with van der Waals surface area (Å²) in [6.07, 6.45) is 2.77. The van der Waals surface area contributed by atoms with E-state index >= 15 is 0 Å². The molecule has 4 rings (SSSR count). The van der Waals surface area contributed by atoms with Crippen LogP contribution in [-0.4, -0.2) is 32.9 Å². The van der Waals surface area contributed by atoms with E-state index in [4.69, 9.17) is 23.8 Å². The van der Waals surface area contributed by atoms with E-state index in [0.717, 1.165) is 12.0 Å². The molecular weight excluding hydrogens is 502 g/mol. The number of halogens is 1. The Morgan fingerprint density at radius 1 is 1.14 bits per heavy atom. The molecule has 1 aliphatic rings. The highest BCUT2D eigenvalue weighted by Crippen LogP contribution is 2.22. The minimum Gasteiger partial charge on any atom is -0.354 e. The third-order valence-corrected chi connectivity index (χ3v) is 6.95. The van der Waals surface area contributed by atoms with Gasteiger partial charge >= 0.3 is 0 Å². The van der Waals surface area contributed by atoms with Crippen molar-refractivity contribution in [3.63, 3.8) is 0 Å². The van der Waals surface area contributed by atoms with Crippen molar-refractivity contribution in [3.05, 3.63) is 94.6 Å². The smallest absolute Gasteiger partial charge is 0.253 e. The molecule has 35 heavy (non-hydrogen) atoms. The molecule has 0 saturated carbocycles. The Kier molecular flexibility index (Phi) is 8.57. The lowest BCUT2D eigenvalue weighted by atomic mass is 9.99. The molecule has 3 aromatic rings. The summed E-state index contributed by atoms with van der Waals surface area (Å²) in [4.78, 5) is 28.4. The van der Waals surface area contributed by atoms with Crippen molar-refractivity contribution in [1.29, 1.82) is 0 Å². The molecule has 2 aromatic carbocycles. The van der Waals surface area contributed by atoms with Crippen LogP contribution in [0.4, 0.5) is 5.82 Å². The topological polar surface area (TPSA) is 95.2 Å². The van der Waals surface area contributed by atoms with Gasteiger partial charge in [0.15, 0.2) is 10.9 Å². The van der Waals surface area contributed by atoms with Gasteiger partial charge in [0.2, 0.25) is 5.12 Å². The van der Waals surface area contributed by atoms with E-state index in [1.165, 1.54) is 29.6 Å². The van der Waals surface area contributed by atoms with E-state index in [1.807, 2.05) is 36.4 Å². The van der Waals surface area contributed by atoms with Crippen LogP contribution >= 0.6 is 35.6 Å². The van der Waals surface area contributed by atoms with Crippen molar-refractivity contribution >= 4 is 57.5 Å². The Hall–Kier alpha value is -3.14. The van der Waals surface area contributed by atoms with Crippen LogP contribution in [0.1, 0.15) is 33.9 Å². The largest absolute Gasteiger partial charge is 0.354 e. The van der Waals surface area contributed by atoms with E-state index in [-0.39, 0.29) is 27.7 Å². The molecule has 2 heterocycles. The Morgan fingerprint density at radius 3 is 2.51 bits per heavy atom. The zero-order valence-electron chi connectivity index (χ0n) is 18.7. The molecule has 2 atom stereocenters. The maximum Gasteiger partial charge on any atom is 0.253 e. The number of thiocarbonyl (C=S) groups is 1. The van der Waals surface area contributed by atoms with Gasteiger partial charge in [-0.25, -0.2) is 4.98 Å². The molecule has 1 amide bonds. The SMILES string of the molecule is O=C(NC1CCSC1=O)c1cnc(NNC(=S)NC(Cc2ccccc2)c2ccccc2)c(Cl)c1. The Bertz CT molecular complexity index is 1200. The molecule has 4 N–H and O–H groups in total. The van der Waals surface area contributed by atoms with Gasteiger partial charge in [-0.05, 0) is 42.3 Å². The summed E-state index contributed by atoms with van der Waals surface area (Å²) in [6, 6.07) is 21.2. The van der Waals surface area contributed by atoms with Gasteiger partial charge in [0.05, 0.1) is 22.7 Å². The number of aromatic nitrogens is 1. The molecule has 0 spiro atoms. The minimum atomic E-state index is -0.470. The Morgan fingerprint density at radius 2 is 1.86 bits per heavy atom. The predicted octanol–water partition coefficient (Wildman–Crippen LogP) is 4.27. The van der Waals surface area contributed by atoms with Gasteiger partial charge in [-0.15, -0.1) is 0 Å². The average Bonchev–Trinajstić information content (AvgIpc) is 3.28. The number of nitrogens with zero attached hydrogens (tertiary/aromatic N) is 1. The van der Waals surface area contributed by atoms with Gasteiger partial charge in [0.25, 0.3) is 5.91 Å². The number of benzene rings is 2. The standard InChI is InChI=1S/C25H24ClN5O2S2/c26-19-14-18(23(32)28-20-11-12-35-24(20)33)15-27-22(19)30-31-25(34)29-21(17-9-5-2-6-10-17)13-16-7-3-1-4-8-16/h1-10,14-15,20-21H,11-13H2,(H,27,30)(H,28,32)(H2,29,31,34). The third-order valence-electron chi connectivity index (χ3n) is 5.43. The first-order valence-corrected chi connectivity index (χ1v) is 12.8. The number of thioether (sulfide) groups is 1. The number of hydrogen-bond donors (Lipinski definition) is 4. The van der Waals surface area contributed by atoms with E-state index in [2.05, 4.69) is 50.7 Å². The lowest BCUT2D eigenvalue weighted by molar-refractivity contribution is -0.112. The highest BCUT2D eigenvalue weighted by atomic mass is 35.5. The highest BCUT2D eigenvalue weighted by Gasteiger charge is 2.27. The first kappa shape index (κ1) is 25.0. The molecule has 0 radical (unpaired) electrons. The van der Waals surface area contributed by atoms with Crippen molar-refractivity contribution in [3.8, 4) is 0 Å². The van der Waals surface area contributed by atoms with Crippen LogP contribution in [0.5, 0.6) is 0 Å². The van der Waals surface area contributed by atoms with Gasteiger partial charge in [0, 0.05) is 11.9 Å². The summed E-state index contributed by atoms with van der Waals surface area (Å²) in [5.74, 6) is 0.643. The van der Waals surface area contributed by atoms with Crippen LogP contribution in [0, 0.1) is 0 Å². The fraction of sp³-hybridized carbons (Fsp3) is 0.200. The van der Waals surface area contributed by atoms with Gasteiger partial charge in [-0.3, -0.25) is 20.4 Å². The second-order valence-electron chi connectivity index (χ2n) is 7.91. The molecule has 0 bridgehead atoms. The van der Waals surface area contributed by atoms with Crippen molar-refractivity contribution < 1.29 is 9.59 Å². The molecule has 10 heteroatoms. The molecular formula is C25H24ClN5O2S2.